The second-order valence-electron chi connectivity index (χ2n) is 3.12. The number of alkyl halides is 1. The van der Waals surface area contributed by atoms with E-state index in [1.165, 1.54) is 25.7 Å². The van der Waals surface area contributed by atoms with Gasteiger partial charge in [-0.1, -0.05) is 39.0 Å². The highest BCUT2D eigenvalue weighted by atomic mass is 19.1. The van der Waals surface area contributed by atoms with Crippen molar-refractivity contribution in [2.24, 2.45) is 0 Å². The van der Waals surface area contributed by atoms with E-state index in [2.05, 4.69) is 11.7 Å². The summed E-state index contributed by atoms with van der Waals surface area (Å²) in [6, 6.07) is 0. The largest absolute Gasteiger partial charge is 0.464 e. The summed E-state index contributed by atoms with van der Waals surface area (Å²) in [7, 11) is 0. The minimum atomic E-state index is -1.00. The Morgan fingerprint density at radius 2 is 1.77 bits per heavy atom. The summed E-state index contributed by atoms with van der Waals surface area (Å²) >= 11 is 0. The first-order valence-electron chi connectivity index (χ1n) is 5.02. The SMILES string of the molecule is CCCCCCCCOC(=O)CF. The predicted octanol–water partition coefficient (Wildman–Crippen LogP) is 2.86. The minimum absolute atomic E-state index is 0.370. The number of rotatable bonds is 8. The van der Waals surface area contributed by atoms with Crippen molar-refractivity contribution in [3.8, 4) is 0 Å². The third-order valence-corrected chi connectivity index (χ3v) is 1.87. The summed E-state index contributed by atoms with van der Waals surface area (Å²) in [6.07, 6.45) is 6.85. The molecule has 0 aromatic rings. The number of esters is 1. The van der Waals surface area contributed by atoms with Crippen molar-refractivity contribution in [1.29, 1.82) is 0 Å². The summed E-state index contributed by atoms with van der Waals surface area (Å²) in [5, 5.41) is 0. The van der Waals surface area contributed by atoms with Crippen molar-refractivity contribution in [2.75, 3.05) is 13.3 Å². The van der Waals surface area contributed by atoms with Crippen LogP contribution in [0.1, 0.15) is 45.4 Å². The van der Waals surface area contributed by atoms with Crippen LogP contribution in [0.5, 0.6) is 0 Å². The molecule has 3 heteroatoms. The first-order chi connectivity index (χ1) is 6.31. The lowest BCUT2D eigenvalue weighted by atomic mass is 10.1. The number of halogens is 1. The van der Waals surface area contributed by atoms with Gasteiger partial charge in [-0.2, -0.15) is 0 Å². The smallest absolute Gasteiger partial charge is 0.337 e. The molecule has 0 aliphatic rings. The van der Waals surface area contributed by atoms with Gasteiger partial charge in [0.2, 0.25) is 0 Å². The van der Waals surface area contributed by atoms with Crippen molar-refractivity contribution in [2.45, 2.75) is 45.4 Å². The number of hydrogen-bond acceptors (Lipinski definition) is 2. The Labute approximate surface area is 79.5 Å². The maximum Gasteiger partial charge on any atom is 0.337 e. The molecule has 78 valence electrons. The van der Waals surface area contributed by atoms with E-state index in [1.807, 2.05) is 0 Å². The van der Waals surface area contributed by atoms with Gasteiger partial charge in [0, 0.05) is 0 Å². The number of unbranched alkanes of at least 4 members (excludes halogenated alkanes) is 5. The van der Waals surface area contributed by atoms with Crippen molar-refractivity contribution in [3.05, 3.63) is 0 Å². The van der Waals surface area contributed by atoms with E-state index in [1.54, 1.807) is 0 Å². The topological polar surface area (TPSA) is 26.3 Å². The van der Waals surface area contributed by atoms with Crippen LogP contribution in [-0.4, -0.2) is 19.3 Å². The summed E-state index contributed by atoms with van der Waals surface area (Å²) in [5.41, 5.74) is 0. The van der Waals surface area contributed by atoms with E-state index in [-0.39, 0.29) is 0 Å². The van der Waals surface area contributed by atoms with E-state index in [0.29, 0.717) is 6.61 Å². The predicted molar refractivity (Wildman–Crippen MR) is 50.3 cm³/mol. The van der Waals surface area contributed by atoms with Crippen LogP contribution in [-0.2, 0) is 9.53 Å². The van der Waals surface area contributed by atoms with Gasteiger partial charge in [-0.3, -0.25) is 0 Å². The number of carbonyl (C=O) groups is 1. The molecule has 0 aromatic carbocycles. The lowest BCUT2D eigenvalue weighted by molar-refractivity contribution is -0.144. The van der Waals surface area contributed by atoms with Gasteiger partial charge in [0.15, 0.2) is 6.67 Å². The van der Waals surface area contributed by atoms with Crippen LogP contribution < -0.4 is 0 Å². The summed E-state index contributed by atoms with van der Waals surface area (Å²) < 4.78 is 16.2. The Morgan fingerprint density at radius 1 is 1.15 bits per heavy atom. The fourth-order valence-corrected chi connectivity index (χ4v) is 1.11. The lowest BCUT2D eigenvalue weighted by Crippen LogP contribution is -2.07. The van der Waals surface area contributed by atoms with Gasteiger partial charge in [-0.15, -0.1) is 0 Å². The van der Waals surface area contributed by atoms with Crippen LogP contribution in [0.3, 0.4) is 0 Å². The molecule has 0 fully saturated rings. The van der Waals surface area contributed by atoms with Gasteiger partial charge in [0.25, 0.3) is 0 Å². The van der Waals surface area contributed by atoms with Gasteiger partial charge < -0.3 is 4.74 Å². The molecular weight excluding hydrogens is 171 g/mol. The van der Waals surface area contributed by atoms with Crippen molar-refractivity contribution >= 4 is 5.97 Å². The molecule has 2 nitrogen and oxygen atoms in total. The quantitative estimate of drug-likeness (QED) is 0.434. The van der Waals surface area contributed by atoms with Crippen LogP contribution in [0.15, 0.2) is 0 Å². The molecular formula is C10H19FO2. The standard InChI is InChI=1S/C10H19FO2/c1-2-3-4-5-6-7-8-13-10(12)9-11/h2-9H2,1H3. The van der Waals surface area contributed by atoms with Crippen LogP contribution in [0.2, 0.25) is 0 Å². The number of hydrogen-bond donors (Lipinski definition) is 0. The highest BCUT2D eigenvalue weighted by Gasteiger charge is 1.99. The first kappa shape index (κ1) is 12.4. The van der Waals surface area contributed by atoms with Gasteiger partial charge in [0.1, 0.15) is 0 Å². The Morgan fingerprint density at radius 3 is 2.38 bits per heavy atom. The zero-order valence-corrected chi connectivity index (χ0v) is 8.35. The van der Waals surface area contributed by atoms with E-state index >= 15 is 0 Å². The van der Waals surface area contributed by atoms with Crippen LogP contribution >= 0.6 is 0 Å². The van der Waals surface area contributed by atoms with E-state index in [4.69, 9.17) is 0 Å². The average Bonchev–Trinajstić information content (AvgIpc) is 2.16. The monoisotopic (exact) mass is 190 g/mol. The van der Waals surface area contributed by atoms with E-state index in [9.17, 15) is 9.18 Å². The first-order valence-corrected chi connectivity index (χ1v) is 5.02. The highest BCUT2D eigenvalue weighted by molar-refractivity contribution is 5.70. The fraction of sp³-hybridized carbons (Fsp3) is 0.900. The molecule has 0 bridgehead atoms. The van der Waals surface area contributed by atoms with Gasteiger partial charge >= 0.3 is 5.97 Å². The molecule has 0 heterocycles. The number of ether oxygens (including phenoxy) is 1. The van der Waals surface area contributed by atoms with Crippen LogP contribution in [0.25, 0.3) is 0 Å². The zero-order chi connectivity index (χ0) is 9.94. The average molecular weight is 190 g/mol. The molecule has 0 radical (unpaired) electrons. The summed E-state index contributed by atoms with van der Waals surface area (Å²) in [6.45, 7) is 1.54. The Balaban J connectivity index is 2.95. The van der Waals surface area contributed by atoms with E-state index < -0.39 is 12.6 Å². The van der Waals surface area contributed by atoms with Gasteiger partial charge in [-0.05, 0) is 6.42 Å². The maximum absolute atomic E-state index is 11.6. The summed E-state index contributed by atoms with van der Waals surface area (Å²) in [5.74, 6) is -0.742. The second-order valence-corrected chi connectivity index (χ2v) is 3.12. The molecule has 0 spiro atoms. The highest BCUT2D eigenvalue weighted by Crippen LogP contribution is 2.04. The molecule has 0 saturated heterocycles. The normalized spacial score (nSPS) is 10.0. The van der Waals surface area contributed by atoms with Crippen molar-refractivity contribution in [1.82, 2.24) is 0 Å². The molecule has 0 N–H and O–H groups in total. The maximum atomic E-state index is 11.6. The van der Waals surface area contributed by atoms with Crippen LogP contribution in [0.4, 0.5) is 4.39 Å². The Hall–Kier alpha value is -0.600. The Kier molecular flexibility index (Phi) is 9.05. The molecule has 0 rings (SSSR count). The molecule has 0 saturated carbocycles. The second kappa shape index (κ2) is 9.49. The number of carbonyl (C=O) groups excluding carboxylic acids is 1. The Bertz CT molecular complexity index is 126. The molecule has 13 heavy (non-hydrogen) atoms. The lowest BCUT2D eigenvalue weighted by Gasteiger charge is -2.01. The van der Waals surface area contributed by atoms with E-state index in [0.717, 1.165) is 12.8 Å². The molecule has 0 atom stereocenters. The van der Waals surface area contributed by atoms with Gasteiger partial charge in [-0.25, -0.2) is 9.18 Å². The molecule has 0 unspecified atom stereocenters. The minimum Gasteiger partial charge on any atom is -0.464 e. The fourth-order valence-electron chi connectivity index (χ4n) is 1.11. The third kappa shape index (κ3) is 9.31. The molecule has 0 amide bonds. The summed E-state index contributed by atoms with van der Waals surface area (Å²) in [4.78, 5) is 10.3. The molecule has 0 aromatic heterocycles. The van der Waals surface area contributed by atoms with Crippen molar-refractivity contribution < 1.29 is 13.9 Å². The van der Waals surface area contributed by atoms with Gasteiger partial charge in [0.05, 0.1) is 6.61 Å². The zero-order valence-electron chi connectivity index (χ0n) is 8.35. The molecule has 0 aliphatic heterocycles. The van der Waals surface area contributed by atoms with Crippen molar-refractivity contribution in [3.63, 3.8) is 0 Å². The third-order valence-electron chi connectivity index (χ3n) is 1.87. The van der Waals surface area contributed by atoms with Crippen LogP contribution in [0, 0.1) is 0 Å². The molecule has 0 aliphatic carbocycles.